The Morgan fingerprint density at radius 3 is 2.74 bits per heavy atom. The third-order valence-corrected chi connectivity index (χ3v) is 3.82. The molecule has 0 aromatic carbocycles. The van der Waals surface area contributed by atoms with Crippen LogP contribution in [0.15, 0.2) is 42.0 Å². The molecule has 2 heterocycles. The van der Waals surface area contributed by atoms with E-state index in [4.69, 9.17) is 9.47 Å². The van der Waals surface area contributed by atoms with E-state index >= 15 is 0 Å². The number of pyridine rings is 1. The number of rotatable bonds is 12. The maximum absolute atomic E-state index is 5.54. The normalized spacial score (nSPS) is 11.6. The minimum atomic E-state index is 0.609. The molecule has 2 rings (SSSR count). The van der Waals surface area contributed by atoms with Gasteiger partial charge in [0.1, 0.15) is 12.1 Å². The first kappa shape index (κ1) is 20.9. The maximum atomic E-state index is 5.54. The van der Waals surface area contributed by atoms with Crippen LogP contribution in [0.3, 0.4) is 0 Å². The molecule has 0 aliphatic heterocycles. The standard InChI is InChI=1S/C19H30N6O2/c1-3-4-10-26-12-13-27-11-8-23-19(20-2)24-15-17-5-6-22-18(14-17)25-9-7-21-16-25/h5-7,9,14,16H,3-4,8,10-13,15H2,1-2H3,(H2,20,23,24). The van der Waals surface area contributed by atoms with Crippen molar-refractivity contribution in [3.05, 3.63) is 42.6 Å². The average Bonchev–Trinajstić information content (AvgIpc) is 3.24. The number of hydrogen-bond donors (Lipinski definition) is 2. The molecule has 0 fully saturated rings. The maximum Gasteiger partial charge on any atom is 0.191 e. The lowest BCUT2D eigenvalue weighted by Crippen LogP contribution is -2.38. The molecule has 0 bridgehead atoms. The number of unbranched alkanes of at least 4 members (excludes halogenated alkanes) is 1. The van der Waals surface area contributed by atoms with Crippen molar-refractivity contribution in [1.82, 2.24) is 25.2 Å². The molecule has 0 atom stereocenters. The monoisotopic (exact) mass is 374 g/mol. The van der Waals surface area contributed by atoms with Gasteiger partial charge >= 0.3 is 0 Å². The molecule has 2 aromatic heterocycles. The van der Waals surface area contributed by atoms with Gasteiger partial charge in [-0.25, -0.2) is 9.97 Å². The van der Waals surface area contributed by atoms with E-state index in [2.05, 4.69) is 32.5 Å². The Morgan fingerprint density at radius 1 is 1.15 bits per heavy atom. The number of ether oxygens (including phenoxy) is 2. The summed E-state index contributed by atoms with van der Waals surface area (Å²) in [5.41, 5.74) is 1.11. The lowest BCUT2D eigenvalue weighted by molar-refractivity contribution is 0.0487. The molecule has 0 aliphatic carbocycles. The van der Waals surface area contributed by atoms with Gasteiger partial charge in [-0.2, -0.15) is 0 Å². The van der Waals surface area contributed by atoms with Crippen molar-refractivity contribution in [2.75, 3.05) is 40.0 Å². The number of hydrogen-bond acceptors (Lipinski definition) is 5. The van der Waals surface area contributed by atoms with Crippen molar-refractivity contribution in [2.24, 2.45) is 4.99 Å². The van der Waals surface area contributed by atoms with Gasteiger partial charge in [-0.1, -0.05) is 13.3 Å². The minimum absolute atomic E-state index is 0.609. The predicted octanol–water partition coefficient (Wildman–Crippen LogP) is 1.77. The van der Waals surface area contributed by atoms with Crippen LogP contribution < -0.4 is 10.6 Å². The first-order chi connectivity index (χ1) is 13.3. The highest BCUT2D eigenvalue weighted by molar-refractivity contribution is 5.79. The fourth-order valence-electron chi connectivity index (χ4n) is 2.32. The van der Waals surface area contributed by atoms with Crippen molar-refractivity contribution >= 4 is 5.96 Å². The summed E-state index contributed by atoms with van der Waals surface area (Å²) in [6.45, 7) is 6.17. The van der Waals surface area contributed by atoms with E-state index in [1.165, 1.54) is 0 Å². The smallest absolute Gasteiger partial charge is 0.191 e. The number of nitrogens with one attached hydrogen (secondary N) is 2. The van der Waals surface area contributed by atoms with Gasteiger partial charge in [0.15, 0.2) is 5.96 Å². The molecule has 0 saturated carbocycles. The first-order valence-corrected chi connectivity index (χ1v) is 9.36. The number of aliphatic imine (C=N–C) groups is 1. The highest BCUT2D eigenvalue weighted by Crippen LogP contribution is 2.06. The summed E-state index contributed by atoms with van der Waals surface area (Å²) in [5, 5.41) is 6.52. The number of aromatic nitrogens is 3. The Hall–Kier alpha value is -2.45. The van der Waals surface area contributed by atoms with Crippen LogP contribution in [0.4, 0.5) is 0 Å². The molecule has 27 heavy (non-hydrogen) atoms. The molecule has 0 spiro atoms. The van der Waals surface area contributed by atoms with Crippen LogP contribution in [0.2, 0.25) is 0 Å². The van der Waals surface area contributed by atoms with Crippen molar-refractivity contribution in [3.8, 4) is 5.82 Å². The van der Waals surface area contributed by atoms with Crippen molar-refractivity contribution in [3.63, 3.8) is 0 Å². The SMILES string of the molecule is CCCCOCCOCCNC(=NC)NCc1ccnc(-n2ccnc2)c1. The lowest BCUT2D eigenvalue weighted by Gasteiger charge is -2.12. The number of imidazole rings is 1. The lowest BCUT2D eigenvalue weighted by atomic mass is 10.2. The van der Waals surface area contributed by atoms with Gasteiger partial charge in [-0.05, 0) is 24.1 Å². The summed E-state index contributed by atoms with van der Waals surface area (Å²) in [6.07, 6.45) is 9.38. The van der Waals surface area contributed by atoms with Gasteiger partial charge in [0.25, 0.3) is 0 Å². The Labute approximate surface area is 161 Å². The Kier molecular flexibility index (Phi) is 9.91. The van der Waals surface area contributed by atoms with Gasteiger partial charge in [0, 0.05) is 45.3 Å². The molecular weight excluding hydrogens is 344 g/mol. The van der Waals surface area contributed by atoms with E-state index < -0.39 is 0 Å². The summed E-state index contributed by atoms with van der Waals surface area (Å²) in [4.78, 5) is 12.6. The topological polar surface area (TPSA) is 85.6 Å². The number of guanidine groups is 1. The largest absolute Gasteiger partial charge is 0.379 e. The third kappa shape index (κ3) is 8.19. The van der Waals surface area contributed by atoms with Gasteiger partial charge in [0.2, 0.25) is 0 Å². The second-order valence-corrected chi connectivity index (χ2v) is 5.92. The van der Waals surface area contributed by atoms with Gasteiger partial charge < -0.3 is 20.1 Å². The summed E-state index contributed by atoms with van der Waals surface area (Å²) in [7, 11) is 1.75. The van der Waals surface area contributed by atoms with Crippen molar-refractivity contribution in [1.29, 1.82) is 0 Å². The predicted molar refractivity (Wildman–Crippen MR) is 106 cm³/mol. The van der Waals surface area contributed by atoms with Gasteiger partial charge in [-0.3, -0.25) is 9.56 Å². The van der Waals surface area contributed by atoms with Crippen LogP contribution in [0.25, 0.3) is 5.82 Å². The summed E-state index contributed by atoms with van der Waals surface area (Å²) in [6, 6.07) is 3.99. The second kappa shape index (κ2) is 12.8. The first-order valence-electron chi connectivity index (χ1n) is 9.36. The summed E-state index contributed by atoms with van der Waals surface area (Å²) < 4.78 is 12.9. The van der Waals surface area contributed by atoms with Crippen LogP contribution >= 0.6 is 0 Å². The highest BCUT2D eigenvalue weighted by Gasteiger charge is 2.02. The molecule has 0 aliphatic rings. The molecule has 0 saturated heterocycles. The van der Waals surface area contributed by atoms with Crippen LogP contribution in [-0.2, 0) is 16.0 Å². The molecule has 2 N–H and O–H groups in total. The van der Waals surface area contributed by atoms with E-state index in [1.807, 2.05) is 22.9 Å². The van der Waals surface area contributed by atoms with Crippen LogP contribution in [0, 0.1) is 0 Å². The van der Waals surface area contributed by atoms with E-state index in [1.54, 1.807) is 25.8 Å². The van der Waals surface area contributed by atoms with E-state index in [0.717, 1.165) is 36.8 Å². The Morgan fingerprint density at radius 2 is 2.00 bits per heavy atom. The highest BCUT2D eigenvalue weighted by atomic mass is 16.5. The Balaban J connectivity index is 1.62. The van der Waals surface area contributed by atoms with Crippen LogP contribution in [-0.4, -0.2) is 60.5 Å². The molecule has 0 unspecified atom stereocenters. The molecular formula is C19H30N6O2. The zero-order valence-electron chi connectivity index (χ0n) is 16.2. The molecule has 2 aromatic rings. The van der Waals surface area contributed by atoms with E-state index in [0.29, 0.717) is 32.9 Å². The zero-order valence-corrected chi connectivity index (χ0v) is 16.2. The number of nitrogens with zero attached hydrogens (tertiary/aromatic N) is 4. The fraction of sp³-hybridized carbons (Fsp3) is 0.526. The molecule has 8 nitrogen and oxygen atoms in total. The molecule has 8 heteroatoms. The summed E-state index contributed by atoms with van der Waals surface area (Å²) in [5.74, 6) is 1.57. The molecule has 0 radical (unpaired) electrons. The van der Waals surface area contributed by atoms with Gasteiger partial charge in [-0.15, -0.1) is 0 Å². The quantitative estimate of drug-likeness (QED) is 0.335. The Bertz CT molecular complexity index is 660. The third-order valence-electron chi connectivity index (χ3n) is 3.82. The molecule has 148 valence electrons. The van der Waals surface area contributed by atoms with E-state index in [9.17, 15) is 0 Å². The molecule has 0 amide bonds. The fourth-order valence-corrected chi connectivity index (χ4v) is 2.32. The average molecular weight is 374 g/mol. The second-order valence-electron chi connectivity index (χ2n) is 5.92. The van der Waals surface area contributed by atoms with Gasteiger partial charge in [0.05, 0.1) is 19.8 Å². The van der Waals surface area contributed by atoms with Crippen LogP contribution in [0.5, 0.6) is 0 Å². The minimum Gasteiger partial charge on any atom is -0.379 e. The van der Waals surface area contributed by atoms with Crippen molar-refractivity contribution < 1.29 is 9.47 Å². The summed E-state index contributed by atoms with van der Waals surface area (Å²) >= 11 is 0. The van der Waals surface area contributed by atoms with E-state index in [-0.39, 0.29) is 0 Å². The zero-order chi connectivity index (χ0) is 19.2. The van der Waals surface area contributed by atoms with Crippen molar-refractivity contribution in [2.45, 2.75) is 26.3 Å². The van der Waals surface area contributed by atoms with Crippen LogP contribution in [0.1, 0.15) is 25.3 Å².